The Bertz CT molecular complexity index is 365. The van der Waals surface area contributed by atoms with Gasteiger partial charge in [-0.2, -0.15) is 0 Å². The van der Waals surface area contributed by atoms with Gasteiger partial charge in [-0.05, 0) is 31.0 Å². The van der Waals surface area contributed by atoms with Gasteiger partial charge < -0.3 is 15.9 Å². The van der Waals surface area contributed by atoms with Crippen molar-refractivity contribution in [2.24, 2.45) is 5.73 Å². The molecule has 1 aromatic rings. The molecule has 0 aliphatic heterocycles. The Hall–Kier alpha value is -1.23. The minimum atomic E-state index is -0.956. The van der Waals surface area contributed by atoms with Crippen LogP contribution in [0, 0.1) is 6.92 Å². The molecule has 4 nitrogen and oxygen atoms in total. The van der Waals surface area contributed by atoms with Crippen LogP contribution in [-0.4, -0.2) is 29.1 Å². The van der Waals surface area contributed by atoms with Crippen molar-refractivity contribution in [1.29, 1.82) is 0 Å². The van der Waals surface area contributed by atoms with Crippen molar-refractivity contribution in [3.05, 3.63) is 34.9 Å². The van der Waals surface area contributed by atoms with E-state index in [2.05, 4.69) is 0 Å². The van der Waals surface area contributed by atoms with Gasteiger partial charge in [0.15, 0.2) is 0 Å². The minimum Gasteiger partial charge on any atom is -0.390 e. The first-order valence-corrected chi connectivity index (χ1v) is 5.22. The maximum absolute atomic E-state index is 10.6. The fraction of sp³-hybridized carbons (Fsp3) is 0.417. The van der Waals surface area contributed by atoms with E-state index in [1.807, 2.05) is 0 Å². The summed E-state index contributed by atoms with van der Waals surface area (Å²) in [6.07, 6.45) is -0.716. The zero-order valence-corrected chi connectivity index (χ0v) is 9.26. The molecule has 2 atom stereocenters. The van der Waals surface area contributed by atoms with Gasteiger partial charge in [-0.25, -0.2) is 0 Å². The SMILES string of the molecule is Cc1cc(C(O)C(O)CCN)ccc1C=O. The monoisotopic (exact) mass is 223 g/mol. The third-order valence-corrected chi connectivity index (χ3v) is 2.59. The van der Waals surface area contributed by atoms with E-state index in [0.29, 0.717) is 24.1 Å². The number of aliphatic hydroxyl groups is 2. The number of rotatable bonds is 5. The highest BCUT2D eigenvalue weighted by atomic mass is 16.3. The van der Waals surface area contributed by atoms with Crippen LogP contribution in [0.5, 0.6) is 0 Å². The van der Waals surface area contributed by atoms with E-state index in [0.717, 1.165) is 11.8 Å². The molecule has 1 aromatic carbocycles. The molecule has 0 fully saturated rings. The average molecular weight is 223 g/mol. The van der Waals surface area contributed by atoms with Gasteiger partial charge in [-0.3, -0.25) is 4.79 Å². The molecule has 0 heterocycles. The Balaban J connectivity index is 2.88. The van der Waals surface area contributed by atoms with Gasteiger partial charge >= 0.3 is 0 Å². The van der Waals surface area contributed by atoms with E-state index in [4.69, 9.17) is 5.73 Å². The summed E-state index contributed by atoms with van der Waals surface area (Å²) < 4.78 is 0. The molecule has 0 aliphatic carbocycles. The number of aliphatic hydroxyl groups excluding tert-OH is 2. The molecule has 88 valence electrons. The topological polar surface area (TPSA) is 83.6 Å². The largest absolute Gasteiger partial charge is 0.390 e. The fourth-order valence-corrected chi connectivity index (χ4v) is 1.57. The third kappa shape index (κ3) is 2.88. The molecule has 0 saturated heterocycles. The van der Waals surface area contributed by atoms with E-state index >= 15 is 0 Å². The first-order chi connectivity index (χ1) is 7.60. The number of carbonyl (C=O) groups excluding carboxylic acids is 1. The second kappa shape index (κ2) is 5.75. The third-order valence-electron chi connectivity index (χ3n) is 2.59. The maximum atomic E-state index is 10.6. The van der Waals surface area contributed by atoms with Crippen LogP contribution in [0.25, 0.3) is 0 Å². The molecule has 0 spiro atoms. The van der Waals surface area contributed by atoms with Crippen molar-refractivity contribution >= 4 is 6.29 Å². The molecular formula is C12H17NO3. The Morgan fingerprint density at radius 2 is 2.12 bits per heavy atom. The molecule has 1 rings (SSSR count). The van der Waals surface area contributed by atoms with Crippen molar-refractivity contribution in [3.63, 3.8) is 0 Å². The van der Waals surface area contributed by atoms with E-state index in [1.54, 1.807) is 25.1 Å². The lowest BCUT2D eigenvalue weighted by atomic mass is 9.98. The zero-order valence-electron chi connectivity index (χ0n) is 9.26. The zero-order chi connectivity index (χ0) is 12.1. The van der Waals surface area contributed by atoms with Crippen LogP contribution in [0.3, 0.4) is 0 Å². The number of carbonyl (C=O) groups is 1. The molecule has 0 aliphatic rings. The fourth-order valence-electron chi connectivity index (χ4n) is 1.57. The lowest BCUT2D eigenvalue weighted by molar-refractivity contribution is 0.0150. The Morgan fingerprint density at radius 1 is 1.44 bits per heavy atom. The lowest BCUT2D eigenvalue weighted by Gasteiger charge is -2.18. The number of aldehydes is 1. The van der Waals surface area contributed by atoms with Crippen LogP contribution in [0.15, 0.2) is 18.2 Å². The molecule has 4 heteroatoms. The van der Waals surface area contributed by atoms with Gasteiger partial charge in [0.25, 0.3) is 0 Å². The number of hydrogen-bond donors (Lipinski definition) is 3. The molecular weight excluding hydrogens is 206 g/mol. The standard InChI is InChI=1S/C12H17NO3/c1-8-6-9(2-3-10(8)7-14)12(16)11(15)4-5-13/h2-3,6-7,11-12,15-16H,4-5,13H2,1H3. The maximum Gasteiger partial charge on any atom is 0.150 e. The first kappa shape index (κ1) is 12.8. The molecule has 0 saturated carbocycles. The number of benzene rings is 1. The van der Waals surface area contributed by atoms with Crippen LogP contribution in [0.2, 0.25) is 0 Å². The first-order valence-electron chi connectivity index (χ1n) is 5.22. The average Bonchev–Trinajstić information content (AvgIpc) is 2.28. The van der Waals surface area contributed by atoms with Crippen molar-refractivity contribution in [2.45, 2.75) is 25.6 Å². The van der Waals surface area contributed by atoms with Gasteiger partial charge in [0, 0.05) is 5.56 Å². The van der Waals surface area contributed by atoms with Gasteiger partial charge in [-0.1, -0.05) is 18.2 Å². The molecule has 4 N–H and O–H groups in total. The second-order valence-corrected chi connectivity index (χ2v) is 3.82. The lowest BCUT2D eigenvalue weighted by Crippen LogP contribution is -2.21. The van der Waals surface area contributed by atoms with Crippen molar-refractivity contribution < 1.29 is 15.0 Å². The van der Waals surface area contributed by atoms with Crippen LogP contribution < -0.4 is 5.73 Å². The summed E-state index contributed by atoms with van der Waals surface area (Å²) in [4.78, 5) is 10.6. The molecule has 0 bridgehead atoms. The van der Waals surface area contributed by atoms with Gasteiger partial charge in [0.05, 0.1) is 6.10 Å². The van der Waals surface area contributed by atoms with E-state index in [9.17, 15) is 15.0 Å². The predicted molar refractivity (Wildman–Crippen MR) is 61.2 cm³/mol. The smallest absolute Gasteiger partial charge is 0.150 e. The molecule has 0 aromatic heterocycles. The second-order valence-electron chi connectivity index (χ2n) is 3.82. The van der Waals surface area contributed by atoms with Gasteiger partial charge in [0.1, 0.15) is 12.4 Å². The van der Waals surface area contributed by atoms with Gasteiger partial charge in [-0.15, -0.1) is 0 Å². The number of nitrogens with two attached hydrogens (primary N) is 1. The Morgan fingerprint density at radius 3 is 2.62 bits per heavy atom. The van der Waals surface area contributed by atoms with E-state index in [-0.39, 0.29) is 0 Å². The minimum absolute atomic E-state index is 0.323. The Labute approximate surface area is 94.7 Å². The summed E-state index contributed by atoms with van der Waals surface area (Å²) in [7, 11) is 0. The van der Waals surface area contributed by atoms with Crippen LogP contribution in [0.4, 0.5) is 0 Å². The van der Waals surface area contributed by atoms with E-state index in [1.165, 1.54) is 0 Å². The molecule has 0 radical (unpaired) electrons. The van der Waals surface area contributed by atoms with Crippen molar-refractivity contribution in [2.75, 3.05) is 6.54 Å². The summed E-state index contributed by atoms with van der Waals surface area (Å²) >= 11 is 0. The molecule has 2 unspecified atom stereocenters. The molecule has 0 amide bonds. The predicted octanol–water partition coefficient (Wildman–Crippen LogP) is 0.551. The van der Waals surface area contributed by atoms with Gasteiger partial charge in [0.2, 0.25) is 0 Å². The summed E-state index contributed by atoms with van der Waals surface area (Å²) in [6, 6.07) is 4.98. The summed E-state index contributed by atoms with van der Waals surface area (Å²) in [6.45, 7) is 2.11. The highest BCUT2D eigenvalue weighted by molar-refractivity contribution is 5.77. The molecule has 16 heavy (non-hydrogen) atoms. The highest BCUT2D eigenvalue weighted by Crippen LogP contribution is 2.20. The van der Waals surface area contributed by atoms with Crippen molar-refractivity contribution in [1.82, 2.24) is 0 Å². The summed E-state index contributed by atoms with van der Waals surface area (Å²) in [5.41, 5.74) is 7.28. The van der Waals surface area contributed by atoms with Crippen molar-refractivity contribution in [3.8, 4) is 0 Å². The Kier molecular flexibility index (Phi) is 4.61. The van der Waals surface area contributed by atoms with Crippen LogP contribution >= 0.6 is 0 Å². The summed E-state index contributed by atoms with van der Waals surface area (Å²) in [5.74, 6) is 0. The van der Waals surface area contributed by atoms with E-state index < -0.39 is 12.2 Å². The normalized spacial score (nSPS) is 14.5. The number of aryl methyl sites for hydroxylation is 1. The quantitative estimate of drug-likeness (QED) is 0.636. The number of hydrogen-bond acceptors (Lipinski definition) is 4. The van der Waals surface area contributed by atoms with Crippen LogP contribution in [0.1, 0.15) is 34.0 Å². The van der Waals surface area contributed by atoms with Crippen LogP contribution in [-0.2, 0) is 0 Å². The highest BCUT2D eigenvalue weighted by Gasteiger charge is 2.17. The summed E-state index contributed by atoms with van der Waals surface area (Å²) in [5, 5.41) is 19.4.